The first-order valence-corrected chi connectivity index (χ1v) is 6.65. The Morgan fingerprint density at radius 2 is 2.20 bits per heavy atom. The maximum absolute atomic E-state index is 11.8. The molecule has 0 bridgehead atoms. The molecule has 2 N–H and O–H groups in total. The van der Waals surface area contributed by atoms with Crippen LogP contribution in [0.2, 0.25) is 5.02 Å². The number of rotatable bonds is 5. The first-order chi connectivity index (χ1) is 9.56. The van der Waals surface area contributed by atoms with Crippen LogP contribution in [-0.2, 0) is 4.79 Å². The number of anilines is 1. The number of carbonyl (C=O) groups excluding carboxylic acids is 1. The minimum atomic E-state index is -0.183. The molecular weight excluding hydrogens is 278 g/mol. The molecule has 0 aliphatic carbocycles. The zero-order valence-corrected chi connectivity index (χ0v) is 12.1. The summed E-state index contributed by atoms with van der Waals surface area (Å²) >= 11 is 6.10. The third kappa shape index (κ3) is 3.82. The highest BCUT2D eigenvalue weighted by atomic mass is 35.5. The molecule has 0 unspecified atom stereocenters. The van der Waals surface area contributed by atoms with Crippen molar-refractivity contribution < 1.29 is 9.32 Å². The monoisotopic (exact) mass is 293 g/mol. The number of benzene rings is 1. The lowest BCUT2D eigenvalue weighted by Gasteiger charge is -2.15. The van der Waals surface area contributed by atoms with Crippen molar-refractivity contribution in [2.24, 2.45) is 0 Å². The summed E-state index contributed by atoms with van der Waals surface area (Å²) in [5, 5.41) is 10.1. The van der Waals surface area contributed by atoms with Crippen LogP contribution in [0.3, 0.4) is 0 Å². The first kappa shape index (κ1) is 14.6. The molecule has 0 aliphatic heterocycles. The summed E-state index contributed by atoms with van der Waals surface area (Å²) in [7, 11) is 0. The molecule has 0 saturated carbocycles. The van der Waals surface area contributed by atoms with E-state index in [2.05, 4.69) is 15.8 Å². The Morgan fingerprint density at radius 1 is 1.45 bits per heavy atom. The molecule has 1 aromatic heterocycles. The van der Waals surface area contributed by atoms with Crippen LogP contribution in [0.15, 0.2) is 34.9 Å². The lowest BCUT2D eigenvalue weighted by Crippen LogP contribution is -2.30. The molecule has 1 atom stereocenters. The number of aryl methyl sites for hydroxylation is 1. The van der Waals surface area contributed by atoms with E-state index in [1.54, 1.807) is 13.0 Å². The highest BCUT2D eigenvalue weighted by Crippen LogP contribution is 2.21. The molecule has 1 amide bonds. The Kier molecular flexibility index (Phi) is 4.76. The van der Waals surface area contributed by atoms with Crippen molar-refractivity contribution in [3.63, 3.8) is 0 Å². The number of hydrogen-bond donors (Lipinski definition) is 2. The molecular formula is C14H16ClN3O2. The van der Waals surface area contributed by atoms with Crippen molar-refractivity contribution >= 4 is 23.3 Å². The fourth-order valence-electron chi connectivity index (χ4n) is 1.79. The second kappa shape index (κ2) is 6.54. The lowest BCUT2D eigenvalue weighted by molar-refractivity contribution is -0.115. The third-order valence-electron chi connectivity index (χ3n) is 2.84. The fraction of sp³-hybridized carbons (Fsp3) is 0.286. The summed E-state index contributed by atoms with van der Waals surface area (Å²) in [5.74, 6) is 0.884. The highest BCUT2D eigenvalue weighted by molar-refractivity contribution is 6.31. The Balaban J connectivity index is 1.85. The summed E-state index contributed by atoms with van der Waals surface area (Å²) in [6.45, 7) is 3.88. The molecule has 0 spiro atoms. The van der Waals surface area contributed by atoms with Gasteiger partial charge in [0.25, 0.3) is 0 Å². The molecule has 20 heavy (non-hydrogen) atoms. The molecule has 0 fully saturated rings. The minimum absolute atomic E-state index is 0.0199. The molecule has 2 rings (SSSR count). The van der Waals surface area contributed by atoms with Crippen molar-refractivity contribution in [2.75, 3.05) is 11.9 Å². The Morgan fingerprint density at radius 3 is 2.85 bits per heavy atom. The highest BCUT2D eigenvalue weighted by Gasteiger charge is 2.11. The second-order valence-electron chi connectivity index (χ2n) is 4.50. The van der Waals surface area contributed by atoms with Crippen molar-refractivity contribution in [2.45, 2.75) is 19.9 Å². The van der Waals surface area contributed by atoms with Gasteiger partial charge < -0.3 is 15.2 Å². The van der Waals surface area contributed by atoms with E-state index in [0.29, 0.717) is 16.6 Å². The van der Waals surface area contributed by atoms with Gasteiger partial charge in [0.2, 0.25) is 5.91 Å². The summed E-state index contributed by atoms with van der Waals surface area (Å²) in [5.41, 5.74) is 0.958. The van der Waals surface area contributed by atoms with Crippen LogP contribution in [0.25, 0.3) is 0 Å². The van der Waals surface area contributed by atoms with Crippen molar-refractivity contribution in [3.8, 4) is 0 Å². The molecule has 2 aromatic rings. The fourth-order valence-corrected chi connectivity index (χ4v) is 2.09. The van der Waals surface area contributed by atoms with Gasteiger partial charge in [0.05, 0.1) is 6.54 Å². The summed E-state index contributed by atoms with van der Waals surface area (Å²) < 4.78 is 4.87. The van der Waals surface area contributed by atoms with Crippen LogP contribution >= 0.6 is 11.6 Å². The topological polar surface area (TPSA) is 67.2 Å². The van der Waals surface area contributed by atoms with E-state index in [4.69, 9.17) is 16.1 Å². The van der Waals surface area contributed by atoms with Gasteiger partial charge >= 0.3 is 0 Å². The maximum Gasteiger partial charge on any atom is 0.239 e. The smallest absolute Gasteiger partial charge is 0.239 e. The summed E-state index contributed by atoms with van der Waals surface area (Å²) in [6.07, 6.45) is 0. The van der Waals surface area contributed by atoms with Gasteiger partial charge in [-0.3, -0.25) is 4.79 Å². The average Bonchev–Trinajstić information content (AvgIpc) is 2.82. The number of nitrogens with one attached hydrogen (secondary N) is 2. The minimum Gasteiger partial charge on any atom is -0.360 e. The van der Waals surface area contributed by atoms with Gasteiger partial charge in [-0.25, -0.2) is 0 Å². The van der Waals surface area contributed by atoms with Crippen molar-refractivity contribution in [3.05, 3.63) is 46.7 Å². The molecule has 0 saturated heterocycles. The van der Waals surface area contributed by atoms with E-state index in [-0.39, 0.29) is 18.5 Å². The first-order valence-electron chi connectivity index (χ1n) is 6.27. The number of carbonyl (C=O) groups is 1. The summed E-state index contributed by atoms with van der Waals surface area (Å²) in [6, 6.07) is 9.19. The SMILES string of the molecule is Cc1cc(NC(=O)CN[C@H](C)c2ccccc2Cl)no1. The largest absolute Gasteiger partial charge is 0.360 e. The molecule has 1 aromatic carbocycles. The Hall–Kier alpha value is -1.85. The van der Waals surface area contributed by atoms with Crippen molar-refractivity contribution in [1.29, 1.82) is 0 Å². The van der Waals surface area contributed by atoms with Gasteiger partial charge in [-0.15, -0.1) is 0 Å². The van der Waals surface area contributed by atoms with Crippen LogP contribution < -0.4 is 10.6 Å². The van der Waals surface area contributed by atoms with Gasteiger partial charge in [-0.05, 0) is 25.5 Å². The van der Waals surface area contributed by atoms with Crippen LogP contribution in [-0.4, -0.2) is 17.6 Å². The molecule has 1 heterocycles. The number of aromatic nitrogens is 1. The average molecular weight is 294 g/mol. The van der Waals surface area contributed by atoms with Gasteiger partial charge in [0.15, 0.2) is 5.82 Å². The predicted octanol–water partition coefficient (Wildman–Crippen LogP) is 2.93. The Labute approximate surface area is 122 Å². The van der Waals surface area contributed by atoms with E-state index in [0.717, 1.165) is 5.56 Å². The number of hydrogen-bond acceptors (Lipinski definition) is 4. The molecule has 6 heteroatoms. The standard InChI is InChI=1S/C14H16ClN3O2/c1-9-7-13(18-20-9)17-14(19)8-16-10(2)11-5-3-4-6-12(11)15/h3-7,10,16H,8H2,1-2H3,(H,17,18,19)/t10-/m1/s1. The van der Waals surface area contributed by atoms with Gasteiger partial charge in [0.1, 0.15) is 5.76 Å². The number of nitrogens with zero attached hydrogens (tertiary/aromatic N) is 1. The van der Waals surface area contributed by atoms with Gasteiger partial charge in [0, 0.05) is 17.1 Å². The molecule has 0 radical (unpaired) electrons. The lowest BCUT2D eigenvalue weighted by atomic mass is 10.1. The zero-order valence-electron chi connectivity index (χ0n) is 11.3. The van der Waals surface area contributed by atoms with Crippen LogP contribution in [0, 0.1) is 6.92 Å². The summed E-state index contributed by atoms with van der Waals surface area (Å²) in [4.78, 5) is 11.8. The quantitative estimate of drug-likeness (QED) is 0.889. The van der Waals surface area contributed by atoms with E-state index in [1.807, 2.05) is 31.2 Å². The van der Waals surface area contributed by atoms with Crippen LogP contribution in [0.5, 0.6) is 0 Å². The molecule has 0 aliphatic rings. The normalized spacial score (nSPS) is 12.2. The van der Waals surface area contributed by atoms with Crippen molar-refractivity contribution in [1.82, 2.24) is 10.5 Å². The number of amides is 1. The molecule has 106 valence electrons. The zero-order chi connectivity index (χ0) is 14.5. The van der Waals surface area contributed by atoms with Crippen LogP contribution in [0.4, 0.5) is 5.82 Å². The molecule has 5 nitrogen and oxygen atoms in total. The van der Waals surface area contributed by atoms with Gasteiger partial charge in [-0.2, -0.15) is 0 Å². The van der Waals surface area contributed by atoms with E-state index < -0.39 is 0 Å². The van der Waals surface area contributed by atoms with Gasteiger partial charge in [-0.1, -0.05) is 35.0 Å². The Bertz CT molecular complexity index is 598. The predicted molar refractivity (Wildman–Crippen MR) is 77.7 cm³/mol. The second-order valence-corrected chi connectivity index (χ2v) is 4.90. The maximum atomic E-state index is 11.8. The van der Waals surface area contributed by atoms with Crippen LogP contribution in [0.1, 0.15) is 24.3 Å². The number of halogens is 1. The van der Waals surface area contributed by atoms with E-state index >= 15 is 0 Å². The van der Waals surface area contributed by atoms with E-state index in [1.165, 1.54) is 0 Å². The van der Waals surface area contributed by atoms with E-state index in [9.17, 15) is 4.79 Å². The third-order valence-corrected chi connectivity index (χ3v) is 3.18.